The number of methoxy groups -OCH3 is 3. The molecule has 3 rings (SSSR count). The van der Waals surface area contributed by atoms with E-state index in [1.807, 2.05) is 0 Å². The van der Waals surface area contributed by atoms with Gasteiger partial charge >= 0.3 is 0 Å². The van der Waals surface area contributed by atoms with Crippen LogP contribution in [0.4, 0.5) is 5.69 Å². The third-order valence-electron chi connectivity index (χ3n) is 6.47. The van der Waals surface area contributed by atoms with Crippen molar-refractivity contribution >= 4 is 17.5 Å². The van der Waals surface area contributed by atoms with E-state index in [0.29, 0.717) is 42.1 Å². The van der Waals surface area contributed by atoms with Crippen molar-refractivity contribution in [2.24, 2.45) is 11.8 Å². The number of amides is 2. The summed E-state index contributed by atoms with van der Waals surface area (Å²) in [6, 6.07) is 3.76. The number of rotatable bonds is 8. The fourth-order valence-corrected chi connectivity index (χ4v) is 4.35. The van der Waals surface area contributed by atoms with Gasteiger partial charge in [-0.25, -0.2) is 0 Å². The number of piperidine rings is 1. The molecular weight excluding hydrogens is 398 g/mol. The van der Waals surface area contributed by atoms with Gasteiger partial charge < -0.3 is 24.4 Å². The van der Waals surface area contributed by atoms with Gasteiger partial charge in [0, 0.05) is 37.7 Å². The van der Waals surface area contributed by atoms with E-state index in [2.05, 4.69) is 24.1 Å². The number of benzene rings is 1. The molecule has 2 aliphatic rings. The summed E-state index contributed by atoms with van der Waals surface area (Å²) in [6.07, 6.45) is 2.61. The molecule has 2 saturated heterocycles. The van der Waals surface area contributed by atoms with Gasteiger partial charge in [0.05, 0.1) is 32.9 Å². The Morgan fingerprint density at radius 1 is 1.13 bits per heavy atom. The summed E-state index contributed by atoms with van der Waals surface area (Å²) in [6.45, 7) is 7.53. The Bertz CT molecular complexity index is 766. The summed E-state index contributed by atoms with van der Waals surface area (Å²) in [5.41, 5.74) is 0.630. The maximum absolute atomic E-state index is 12.8. The quantitative estimate of drug-likeness (QED) is 0.678. The van der Waals surface area contributed by atoms with E-state index >= 15 is 0 Å². The molecule has 0 aliphatic carbocycles. The Kier molecular flexibility index (Phi) is 7.64. The highest BCUT2D eigenvalue weighted by Crippen LogP contribution is 2.42. The lowest BCUT2D eigenvalue weighted by Crippen LogP contribution is -2.46. The molecule has 2 unspecified atom stereocenters. The van der Waals surface area contributed by atoms with E-state index in [4.69, 9.17) is 14.2 Å². The minimum Gasteiger partial charge on any atom is -0.493 e. The van der Waals surface area contributed by atoms with E-state index < -0.39 is 0 Å². The predicted molar refractivity (Wildman–Crippen MR) is 119 cm³/mol. The molecule has 2 atom stereocenters. The third-order valence-corrected chi connectivity index (χ3v) is 6.47. The molecule has 2 fully saturated rings. The molecule has 2 aliphatic heterocycles. The highest BCUT2D eigenvalue weighted by molar-refractivity contribution is 6.00. The molecule has 1 N–H and O–H groups in total. The third kappa shape index (κ3) is 5.23. The molecule has 0 saturated carbocycles. The number of carbonyl (C=O) groups excluding carboxylic acids is 2. The van der Waals surface area contributed by atoms with Crippen LogP contribution in [0.3, 0.4) is 0 Å². The number of anilines is 1. The predicted octanol–water partition coefficient (Wildman–Crippen LogP) is 2.30. The first-order valence-electron chi connectivity index (χ1n) is 11.0. The second-order valence-corrected chi connectivity index (χ2v) is 8.60. The van der Waals surface area contributed by atoms with E-state index in [1.54, 1.807) is 17.0 Å². The lowest BCUT2D eigenvalue weighted by molar-refractivity contribution is -0.126. The first-order chi connectivity index (χ1) is 14.9. The van der Waals surface area contributed by atoms with Crippen LogP contribution in [0.2, 0.25) is 0 Å². The van der Waals surface area contributed by atoms with Gasteiger partial charge in [0.1, 0.15) is 0 Å². The summed E-state index contributed by atoms with van der Waals surface area (Å²) >= 11 is 0. The van der Waals surface area contributed by atoms with Gasteiger partial charge in [-0.05, 0) is 38.8 Å². The number of ether oxygens (including phenoxy) is 3. The molecule has 1 aromatic rings. The molecule has 0 radical (unpaired) electrons. The lowest BCUT2D eigenvalue weighted by Gasteiger charge is -2.35. The van der Waals surface area contributed by atoms with Crippen LogP contribution in [0.1, 0.15) is 33.1 Å². The number of carbonyl (C=O) groups is 2. The van der Waals surface area contributed by atoms with Gasteiger partial charge in [0.2, 0.25) is 17.6 Å². The summed E-state index contributed by atoms with van der Waals surface area (Å²) < 4.78 is 16.1. The Balaban J connectivity index is 1.61. The highest BCUT2D eigenvalue weighted by atomic mass is 16.5. The van der Waals surface area contributed by atoms with Gasteiger partial charge in [-0.2, -0.15) is 0 Å². The van der Waals surface area contributed by atoms with E-state index in [1.165, 1.54) is 34.2 Å². The normalized spacial score (nSPS) is 21.1. The van der Waals surface area contributed by atoms with Crippen LogP contribution in [0.25, 0.3) is 0 Å². The van der Waals surface area contributed by atoms with Crippen LogP contribution >= 0.6 is 0 Å². The molecule has 0 bridgehead atoms. The van der Waals surface area contributed by atoms with Crippen LogP contribution in [0.5, 0.6) is 17.2 Å². The maximum Gasteiger partial charge on any atom is 0.227 e. The minimum atomic E-state index is -0.375. The minimum absolute atomic E-state index is 0.0690. The number of nitrogens with zero attached hydrogens (tertiary/aromatic N) is 2. The van der Waals surface area contributed by atoms with Crippen molar-refractivity contribution in [3.05, 3.63) is 12.1 Å². The topological polar surface area (TPSA) is 80.3 Å². The molecule has 0 spiro atoms. The van der Waals surface area contributed by atoms with Gasteiger partial charge in [-0.15, -0.1) is 0 Å². The fourth-order valence-electron chi connectivity index (χ4n) is 4.35. The van der Waals surface area contributed by atoms with Crippen LogP contribution < -0.4 is 24.4 Å². The van der Waals surface area contributed by atoms with Crippen molar-refractivity contribution in [3.8, 4) is 17.2 Å². The summed E-state index contributed by atoms with van der Waals surface area (Å²) in [5.74, 6) is 1.66. The average Bonchev–Trinajstić information content (AvgIpc) is 3.18. The summed E-state index contributed by atoms with van der Waals surface area (Å²) in [7, 11) is 4.60. The standard InChI is InChI=1S/C23H35N3O5/c1-15-6-8-25(9-7-15)16(2)13-24-23(28)17-10-21(27)26(14-17)18-11-19(29-3)22(31-5)20(12-18)30-4/h11-12,15-17H,6-10,13-14H2,1-5H3,(H,24,28). The molecule has 8 heteroatoms. The monoisotopic (exact) mass is 433 g/mol. The smallest absolute Gasteiger partial charge is 0.227 e. The van der Waals surface area contributed by atoms with Crippen molar-refractivity contribution in [3.63, 3.8) is 0 Å². The van der Waals surface area contributed by atoms with E-state index in [-0.39, 0.29) is 24.2 Å². The maximum atomic E-state index is 12.8. The molecule has 0 aromatic heterocycles. The molecule has 2 heterocycles. The Morgan fingerprint density at radius 3 is 2.29 bits per heavy atom. The lowest BCUT2D eigenvalue weighted by atomic mass is 9.98. The van der Waals surface area contributed by atoms with Crippen molar-refractivity contribution in [1.29, 1.82) is 0 Å². The van der Waals surface area contributed by atoms with Crippen molar-refractivity contribution in [2.45, 2.75) is 39.2 Å². The average molecular weight is 434 g/mol. The molecule has 1 aromatic carbocycles. The van der Waals surface area contributed by atoms with Crippen molar-refractivity contribution in [2.75, 3.05) is 52.4 Å². The zero-order chi connectivity index (χ0) is 22.5. The first-order valence-corrected chi connectivity index (χ1v) is 11.0. The van der Waals surface area contributed by atoms with Gasteiger partial charge in [0.25, 0.3) is 0 Å². The summed E-state index contributed by atoms with van der Waals surface area (Å²) in [5, 5.41) is 3.06. The Morgan fingerprint density at radius 2 is 1.74 bits per heavy atom. The highest BCUT2D eigenvalue weighted by Gasteiger charge is 2.36. The number of hydrogen-bond acceptors (Lipinski definition) is 6. The second-order valence-electron chi connectivity index (χ2n) is 8.60. The van der Waals surface area contributed by atoms with Crippen LogP contribution in [-0.2, 0) is 9.59 Å². The molecule has 2 amide bonds. The summed E-state index contributed by atoms with van der Waals surface area (Å²) in [4.78, 5) is 29.5. The van der Waals surface area contributed by atoms with E-state index in [0.717, 1.165) is 19.0 Å². The van der Waals surface area contributed by atoms with Gasteiger partial charge in [-0.1, -0.05) is 6.92 Å². The van der Waals surface area contributed by atoms with Crippen LogP contribution in [-0.4, -0.2) is 70.3 Å². The molecular formula is C23H35N3O5. The van der Waals surface area contributed by atoms with Crippen molar-refractivity contribution < 1.29 is 23.8 Å². The second kappa shape index (κ2) is 10.2. The zero-order valence-electron chi connectivity index (χ0n) is 19.3. The fraction of sp³-hybridized carbons (Fsp3) is 0.652. The van der Waals surface area contributed by atoms with Crippen LogP contribution in [0, 0.1) is 11.8 Å². The van der Waals surface area contributed by atoms with Crippen molar-refractivity contribution in [1.82, 2.24) is 10.2 Å². The Labute approximate surface area is 184 Å². The van der Waals surface area contributed by atoms with Gasteiger partial charge in [0.15, 0.2) is 11.5 Å². The molecule has 31 heavy (non-hydrogen) atoms. The Hall–Kier alpha value is -2.48. The first kappa shape index (κ1) is 23.2. The number of nitrogens with one attached hydrogen (secondary N) is 1. The van der Waals surface area contributed by atoms with Gasteiger partial charge in [-0.3, -0.25) is 14.5 Å². The molecule has 8 nitrogen and oxygen atoms in total. The largest absolute Gasteiger partial charge is 0.493 e. The number of hydrogen-bond donors (Lipinski definition) is 1. The number of likely N-dealkylation sites (tertiary alicyclic amines) is 1. The molecule has 172 valence electrons. The van der Waals surface area contributed by atoms with Crippen LogP contribution in [0.15, 0.2) is 12.1 Å². The van der Waals surface area contributed by atoms with E-state index in [9.17, 15) is 9.59 Å². The zero-order valence-corrected chi connectivity index (χ0v) is 19.3. The SMILES string of the molecule is COc1cc(N2CC(C(=O)NCC(C)N3CCC(C)CC3)CC2=O)cc(OC)c1OC.